The largest absolute Gasteiger partial charge is 0.478 e. The smallest absolute Gasteiger partial charge is 0.335 e. The summed E-state index contributed by atoms with van der Waals surface area (Å²) in [6.07, 6.45) is 2.15. The number of aromatic carboxylic acids is 1. The van der Waals surface area contributed by atoms with E-state index in [4.69, 9.17) is 5.11 Å². The SMILES string of the molecule is CCC(Sc1cccc(NC(=O)/C(=C\c2ccc(N(C)C)cc2)NC(=O)c2ccccc2)c1)C(=O)Nc1ccc(C(=O)O)cc1. The topological polar surface area (TPSA) is 128 Å². The van der Waals surface area contributed by atoms with Crippen LogP contribution in [0.2, 0.25) is 0 Å². The lowest BCUT2D eigenvalue weighted by molar-refractivity contribution is -0.116. The van der Waals surface area contributed by atoms with Crippen molar-refractivity contribution in [3.05, 3.63) is 126 Å². The molecule has 0 heterocycles. The molecule has 4 aromatic carbocycles. The van der Waals surface area contributed by atoms with Crippen LogP contribution in [0.15, 0.2) is 114 Å². The average molecular weight is 623 g/mol. The molecule has 1 atom stereocenters. The van der Waals surface area contributed by atoms with Crippen molar-refractivity contribution in [1.29, 1.82) is 0 Å². The van der Waals surface area contributed by atoms with Crippen molar-refractivity contribution in [2.45, 2.75) is 23.5 Å². The van der Waals surface area contributed by atoms with Crippen molar-refractivity contribution in [3.8, 4) is 0 Å². The molecule has 0 saturated heterocycles. The van der Waals surface area contributed by atoms with Crippen LogP contribution in [-0.2, 0) is 9.59 Å². The van der Waals surface area contributed by atoms with Crippen molar-refractivity contribution in [1.82, 2.24) is 5.32 Å². The van der Waals surface area contributed by atoms with Crippen molar-refractivity contribution in [2.24, 2.45) is 0 Å². The second-order valence-corrected chi connectivity index (χ2v) is 11.5. The quantitative estimate of drug-likeness (QED) is 0.107. The number of amides is 3. The highest BCUT2D eigenvalue weighted by atomic mass is 32.2. The summed E-state index contributed by atoms with van der Waals surface area (Å²) < 4.78 is 0. The molecule has 0 aliphatic heterocycles. The molecule has 0 bridgehead atoms. The van der Waals surface area contributed by atoms with E-state index >= 15 is 0 Å². The van der Waals surface area contributed by atoms with Crippen LogP contribution < -0.4 is 20.9 Å². The van der Waals surface area contributed by atoms with Gasteiger partial charge in [0.15, 0.2) is 0 Å². The first-order chi connectivity index (χ1) is 21.6. The number of rotatable bonds is 12. The minimum absolute atomic E-state index is 0.0687. The zero-order chi connectivity index (χ0) is 32.3. The lowest BCUT2D eigenvalue weighted by Crippen LogP contribution is -2.30. The van der Waals surface area contributed by atoms with Crippen LogP contribution in [-0.4, -0.2) is 48.1 Å². The Hall–Kier alpha value is -5.35. The van der Waals surface area contributed by atoms with Crippen molar-refractivity contribution < 1.29 is 24.3 Å². The molecule has 0 aromatic heterocycles. The number of benzene rings is 4. The maximum Gasteiger partial charge on any atom is 0.335 e. The molecule has 9 nitrogen and oxygen atoms in total. The Morgan fingerprint density at radius 1 is 0.800 bits per heavy atom. The fourth-order valence-electron chi connectivity index (χ4n) is 4.23. The molecule has 4 rings (SSSR count). The highest BCUT2D eigenvalue weighted by Crippen LogP contribution is 2.29. The number of anilines is 3. The Kier molecular flexibility index (Phi) is 11.1. The number of hydrogen-bond donors (Lipinski definition) is 4. The molecule has 0 aliphatic carbocycles. The summed E-state index contributed by atoms with van der Waals surface area (Å²) in [5.41, 5.74) is 3.34. The number of hydrogen-bond acceptors (Lipinski definition) is 6. The fraction of sp³-hybridized carbons (Fsp3) is 0.143. The van der Waals surface area contributed by atoms with Gasteiger partial charge in [0.2, 0.25) is 5.91 Å². The normalized spacial score (nSPS) is 11.7. The molecule has 1 unspecified atom stereocenters. The van der Waals surface area contributed by atoms with Gasteiger partial charge in [0.25, 0.3) is 11.8 Å². The first-order valence-corrected chi connectivity index (χ1v) is 15.1. The zero-order valence-electron chi connectivity index (χ0n) is 25.1. The van der Waals surface area contributed by atoms with Gasteiger partial charge in [-0.05, 0) is 84.8 Å². The monoisotopic (exact) mass is 622 g/mol. The first-order valence-electron chi connectivity index (χ1n) is 14.2. The number of nitrogens with one attached hydrogen (secondary N) is 3. The summed E-state index contributed by atoms with van der Waals surface area (Å²) in [5, 5.41) is 17.1. The summed E-state index contributed by atoms with van der Waals surface area (Å²) in [5.74, 6) is -2.19. The third-order valence-corrected chi connectivity index (χ3v) is 8.04. The van der Waals surface area contributed by atoms with Crippen LogP contribution in [0.25, 0.3) is 6.08 Å². The fourth-order valence-corrected chi connectivity index (χ4v) is 5.24. The van der Waals surface area contributed by atoms with E-state index in [1.807, 2.05) is 62.3 Å². The van der Waals surface area contributed by atoms with E-state index in [2.05, 4.69) is 16.0 Å². The summed E-state index contributed by atoms with van der Waals surface area (Å²) in [7, 11) is 3.87. The zero-order valence-corrected chi connectivity index (χ0v) is 25.9. The van der Waals surface area contributed by atoms with Gasteiger partial charge in [0, 0.05) is 41.6 Å². The van der Waals surface area contributed by atoms with Gasteiger partial charge < -0.3 is 26.0 Å². The third-order valence-electron chi connectivity index (χ3n) is 6.68. The second kappa shape index (κ2) is 15.4. The molecule has 4 N–H and O–H groups in total. The van der Waals surface area contributed by atoms with E-state index in [9.17, 15) is 19.2 Å². The van der Waals surface area contributed by atoms with Crippen LogP contribution in [0.5, 0.6) is 0 Å². The molecule has 0 aliphatic rings. The molecule has 0 spiro atoms. The number of carboxylic acid groups (broad SMARTS) is 1. The maximum absolute atomic E-state index is 13.5. The molecule has 0 saturated carbocycles. The van der Waals surface area contributed by atoms with Gasteiger partial charge in [-0.3, -0.25) is 14.4 Å². The van der Waals surface area contributed by atoms with Gasteiger partial charge in [-0.1, -0.05) is 43.3 Å². The van der Waals surface area contributed by atoms with Crippen LogP contribution in [0, 0.1) is 0 Å². The molecule has 10 heteroatoms. The predicted molar refractivity (Wildman–Crippen MR) is 180 cm³/mol. The maximum atomic E-state index is 13.5. The predicted octanol–water partition coefficient (Wildman–Crippen LogP) is 6.37. The molecule has 4 aromatic rings. The van der Waals surface area contributed by atoms with Crippen molar-refractivity contribution >= 4 is 58.6 Å². The molecule has 3 amide bonds. The number of carboxylic acids is 1. The number of carbonyl (C=O) groups is 4. The van der Waals surface area contributed by atoms with Crippen LogP contribution in [0.4, 0.5) is 17.1 Å². The summed E-state index contributed by atoms with van der Waals surface area (Å²) in [4.78, 5) is 53.3. The number of carbonyl (C=O) groups excluding carboxylic acids is 3. The van der Waals surface area contributed by atoms with Crippen LogP contribution >= 0.6 is 11.8 Å². The number of nitrogens with zero attached hydrogens (tertiary/aromatic N) is 1. The van der Waals surface area contributed by atoms with Crippen LogP contribution in [0.3, 0.4) is 0 Å². The molecule has 0 fully saturated rings. The highest BCUT2D eigenvalue weighted by molar-refractivity contribution is 8.00. The van der Waals surface area contributed by atoms with Gasteiger partial charge in [0.1, 0.15) is 5.70 Å². The van der Waals surface area contributed by atoms with Crippen molar-refractivity contribution in [2.75, 3.05) is 29.6 Å². The Labute approximate surface area is 266 Å². The molecular weight excluding hydrogens is 588 g/mol. The van der Waals surface area contributed by atoms with Gasteiger partial charge in [-0.2, -0.15) is 0 Å². The summed E-state index contributed by atoms with van der Waals surface area (Å²) >= 11 is 1.34. The Morgan fingerprint density at radius 2 is 1.49 bits per heavy atom. The van der Waals surface area contributed by atoms with E-state index in [-0.39, 0.29) is 17.2 Å². The van der Waals surface area contributed by atoms with Crippen molar-refractivity contribution in [3.63, 3.8) is 0 Å². The molecular formula is C35H34N4O5S. The van der Waals surface area contributed by atoms with Crippen LogP contribution in [0.1, 0.15) is 39.6 Å². The molecule has 230 valence electrons. The highest BCUT2D eigenvalue weighted by Gasteiger charge is 2.20. The third kappa shape index (κ3) is 9.32. The minimum Gasteiger partial charge on any atom is -0.478 e. The Morgan fingerprint density at radius 3 is 2.11 bits per heavy atom. The molecule has 45 heavy (non-hydrogen) atoms. The lowest BCUT2D eigenvalue weighted by Gasteiger charge is -2.16. The molecule has 0 radical (unpaired) electrons. The van der Waals surface area contributed by atoms with Gasteiger partial charge in [0.05, 0.1) is 10.8 Å². The number of thioether (sulfide) groups is 1. The van der Waals surface area contributed by atoms with Gasteiger partial charge in [-0.15, -0.1) is 11.8 Å². The standard InChI is InChI=1S/C35H34N4O5S/c1-4-31(34(42)36-26-17-15-25(16-18-26)35(43)44)45-29-12-8-11-27(22-29)37-33(41)30(38-32(40)24-9-6-5-7-10-24)21-23-13-19-28(20-14-23)39(2)3/h5-22,31H,4H2,1-3H3,(H,36,42)(H,37,41)(H,38,40)(H,43,44)/b30-21+. The summed E-state index contributed by atoms with van der Waals surface area (Å²) in [6.45, 7) is 1.90. The first kappa shape index (κ1) is 32.6. The van der Waals surface area contributed by atoms with E-state index in [1.165, 1.54) is 23.9 Å². The van der Waals surface area contributed by atoms with Gasteiger partial charge in [-0.25, -0.2) is 4.79 Å². The van der Waals surface area contributed by atoms with E-state index in [0.717, 1.165) is 16.1 Å². The average Bonchev–Trinajstić information content (AvgIpc) is 3.04. The Bertz CT molecular complexity index is 1690. The van der Waals surface area contributed by atoms with E-state index in [1.54, 1.807) is 60.7 Å². The minimum atomic E-state index is -1.04. The lowest BCUT2D eigenvalue weighted by atomic mass is 10.1. The summed E-state index contributed by atoms with van der Waals surface area (Å²) in [6, 6.07) is 29.3. The Balaban J connectivity index is 1.49. The second-order valence-electron chi connectivity index (χ2n) is 10.2. The van der Waals surface area contributed by atoms with E-state index < -0.39 is 23.0 Å². The van der Waals surface area contributed by atoms with Gasteiger partial charge >= 0.3 is 5.97 Å². The van der Waals surface area contributed by atoms with E-state index in [0.29, 0.717) is 23.4 Å².